The second-order valence-electron chi connectivity index (χ2n) is 6.75. The van der Waals surface area contributed by atoms with E-state index in [-0.39, 0.29) is 29.5 Å². The number of halogens is 1. The number of guanidine groups is 1. The van der Waals surface area contributed by atoms with E-state index in [1.807, 2.05) is 0 Å². The second kappa shape index (κ2) is 10.9. The average Bonchev–Trinajstić information content (AvgIpc) is 3.03. The van der Waals surface area contributed by atoms with Gasteiger partial charge in [-0.05, 0) is 31.7 Å². The van der Waals surface area contributed by atoms with Crippen LogP contribution in [0.25, 0.3) is 0 Å². The number of nitrogens with two attached hydrogens (primary N) is 1. The van der Waals surface area contributed by atoms with Crippen LogP contribution in [0.15, 0.2) is 35.3 Å². The molecule has 1 atom stereocenters. The zero-order valence-corrected chi connectivity index (χ0v) is 17.4. The third-order valence-corrected chi connectivity index (χ3v) is 4.77. The van der Waals surface area contributed by atoms with Gasteiger partial charge in [-0.25, -0.2) is 0 Å². The summed E-state index contributed by atoms with van der Waals surface area (Å²) in [5.74, 6) is 0.582. The van der Waals surface area contributed by atoms with E-state index in [1.54, 1.807) is 0 Å². The summed E-state index contributed by atoms with van der Waals surface area (Å²) in [6, 6.07) is 11.0. The molecule has 0 heterocycles. The SMILES string of the molecule is CCCCNC(N)=NCC1(NC(C)c2ccccc2)CCCC1.I. The number of unbranched alkanes of at least 4 members (excludes halogenated alkanes) is 1. The van der Waals surface area contributed by atoms with Crippen molar-refractivity contribution < 1.29 is 0 Å². The lowest BCUT2D eigenvalue weighted by Gasteiger charge is -2.33. The van der Waals surface area contributed by atoms with Crippen molar-refractivity contribution in [1.29, 1.82) is 0 Å². The van der Waals surface area contributed by atoms with Crippen LogP contribution in [0.4, 0.5) is 0 Å². The van der Waals surface area contributed by atoms with Gasteiger partial charge in [-0.15, -0.1) is 24.0 Å². The number of aliphatic imine (C=N–C) groups is 1. The molecule has 24 heavy (non-hydrogen) atoms. The molecule has 1 aromatic rings. The van der Waals surface area contributed by atoms with Crippen LogP contribution in [-0.2, 0) is 0 Å². The van der Waals surface area contributed by atoms with Crippen molar-refractivity contribution in [2.45, 2.75) is 64.0 Å². The molecule has 1 fully saturated rings. The Balaban J connectivity index is 0.00000288. The molecule has 0 aromatic heterocycles. The molecule has 1 aliphatic rings. The molecule has 136 valence electrons. The highest BCUT2D eigenvalue weighted by molar-refractivity contribution is 14.0. The summed E-state index contributed by atoms with van der Waals surface area (Å²) in [5.41, 5.74) is 7.42. The molecule has 1 saturated carbocycles. The maximum atomic E-state index is 6.00. The maximum Gasteiger partial charge on any atom is 0.188 e. The summed E-state index contributed by atoms with van der Waals surface area (Å²) in [5, 5.41) is 7.05. The summed E-state index contributed by atoms with van der Waals surface area (Å²) < 4.78 is 0. The summed E-state index contributed by atoms with van der Waals surface area (Å²) in [6.45, 7) is 6.08. The topological polar surface area (TPSA) is 62.4 Å². The minimum atomic E-state index is 0. The number of benzene rings is 1. The van der Waals surface area contributed by atoms with Gasteiger partial charge in [0.25, 0.3) is 0 Å². The number of nitrogens with one attached hydrogen (secondary N) is 2. The zero-order valence-electron chi connectivity index (χ0n) is 15.1. The molecule has 0 radical (unpaired) electrons. The number of hydrogen-bond acceptors (Lipinski definition) is 2. The van der Waals surface area contributed by atoms with E-state index in [1.165, 1.54) is 37.7 Å². The number of rotatable bonds is 8. The predicted octanol–water partition coefficient (Wildman–Crippen LogP) is 3.97. The Kier molecular flexibility index (Phi) is 9.66. The zero-order chi connectivity index (χ0) is 16.5. The van der Waals surface area contributed by atoms with Crippen molar-refractivity contribution in [1.82, 2.24) is 10.6 Å². The van der Waals surface area contributed by atoms with Gasteiger partial charge in [0.05, 0.1) is 6.54 Å². The molecule has 1 unspecified atom stereocenters. The Morgan fingerprint density at radius 2 is 1.92 bits per heavy atom. The molecule has 5 heteroatoms. The highest BCUT2D eigenvalue weighted by Gasteiger charge is 2.34. The Bertz CT molecular complexity index is 483. The predicted molar refractivity (Wildman–Crippen MR) is 114 cm³/mol. The van der Waals surface area contributed by atoms with Crippen LogP contribution in [-0.4, -0.2) is 24.6 Å². The van der Waals surface area contributed by atoms with Crippen LogP contribution in [0.5, 0.6) is 0 Å². The summed E-state index contributed by atoms with van der Waals surface area (Å²) in [4.78, 5) is 4.62. The van der Waals surface area contributed by atoms with Crippen molar-refractivity contribution in [2.24, 2.45) is 10.7 Å². The first kappa shape index (κ1) is 21.2. The van der Waals surface area contributed by atoms with E-state index in [0.717, 1.165) is 19.5 Å². The first-order valence-corrected chi connectivity index (χ1v) is 9.02. The van der Waals surface area contributed by atoms with Gasteiger partial charge in [-0.3, -0.25) is 4.99 Å². The molecule has 0 saturated heterocycles. The van der Waals surface area contributed by atoms with Crippen LogP contribution in [0.3, 0.4) is 0 Å². The summed E-state index contributed by atoms with van der Waals surface area (Å²) in [6.07, 6.45) is 7.19. The fourth-order valence-electron chi connectivity index (χ4n) is 3.37. The van der Waals surface area contributed by atoms with Gasteiger partial charge < -0.3 is 16.4 Å². The van der Waals surface area contributed by atoms with E-state index in [4.69, 9.17) is 5.73 Å². The summed E-state index contributed by atoms with van der Waals surface area (Å²) in [7, 11) is 0. The van der Waals surface area contributed by atoms with Gasteiger partial charge in [0.15, 0.2) is 5.96 Å². The average molecular weight is 444 g/mol. The Hall–Kier alpha value is -0.820. The highest BCUT2D eigenvalue weighted by Crippen LogP contribution is 2.32. The molecule has 0 bridgehead atoms. The Morgan fingerprint density at radius 3 is 2.54 bits per heavy atom. The molecular weight excluding hydrogens is 411 g/mol. The lowest BCUT2D eigenvalue weighted by Crippen LogP contribution is -2.47. The van der Waals surface area contributed by atoms with Gasteiger partial charge >= 0.3 is 0 Å². The van der Waals surface area contributed by atoms with Crippen molar-refractivity contribution in [3.8, 4) is 0 Å². The third-order valence-electron chi connectivity index (χ3n) is 4.77. The fraction of sp³-hybridized carbons (Fsp3) is 0.632. The van der Waals surface area contributed by atoms with Gasteiger partial charge in [0.2, 0.25) is 0 Å². The smallest absolute Gasteiger partial charge is 0.188 e. The molecule has 1 aliphatic carbocycles. The molecule has 1 aromatic carbocycles. The maximum absolute atomic E-state index is 6.00. The van der Waals surface area contributed by atoms with Crippen LogP contribution in [0.2, 0.25) is 0 Å². The largest absolute Gasteiger partial charge is 0.370 e. The van der Waals surface area contributed by atoms with Gasteiger partial charge in [-0.2, -0.15) is 0 Å². The highest BCUT2D eigenvalue weighted by atomic mass is 127. The van der Waals surface area contributed by atoms with Crippen molar-refractivity contribution in [2.75, 3.05) is 13.1 Å². The minimum absolute atomic E-state index is 0. The Morgan fingerprint density at radius 1 is 1.25 bits per heavy atom. The molecule has 0 spiro atoms. The Labute approximate surface area is 164 Å². The van der Waals surface area contributed by atoms with E-state index in [0.29, 0.717) is 12.0 Å². The van der Waals surface area contributed by atoms with Crippen molar-refractivity contribution in [3.63, 3.8) is 0 Å². The lowest BCUT2D eigenvalue weighted by atomic mass is 9.95. The molecule has 2 rings (SSSR count). The molecule has 4 nitrogen and oxygen atoms in total. The van der Waals surface area contributed by atoms with Gasteiger partial charge in [0.1, 0.15) is 0 Å². The van der Waals surface area contributed by atoms with Gasteiger partial charge in [0, 0.05) is 18.1 Å². The van der Waals surface area contributed by atoms with Crippen molar-refractivity contribution in [3.05, 3.63) is 35.9 Å². The van der Waals surface area contributed by atoms with Crippen molar-refractivity contribution >= 4 is 29.9 Å². The lowest BCUT2D eigenvalue weighted by molar-refractivity contribution is 0.307. The van der Waals surface area contributed by atoms with E-state index in [2.05, 4.69) is 59.8 Å². The van der Waals surface area contributed by atoms with Crippen LogP contribution in [0.1, 0.15) is 64.0 Å². The molecular formula is C19H33IN4. The first-order valence-electron chi connectivity index (χ1n) is 9.02. The number of nitrogens with zero attached hydrogens (tertiary/aromatic N) is 1. The molecule has 0 amide bonds. The number of hydrogen-bond donors (Lipinski definition) is 3. The summed E-state index contributed by atoms with van der Waals surface area (Å²) >= 11 is 0. The standard InChI is InChI=1S/C19H32N4.HI/c1-3-4-14-21-18(20)22-15-19(12-8-9-13-19)23-16(2)17-10-6-5-7-11-17;/h5-7,10-11,16,23H,3-4,8-9,12-15H2,1-2H3,(H3,20,21,22);1H. The van der Waals surface area contributed by atoms with Crippen LogP contribution < -0.4 is 16.4 Å². The van der Waals surface area contributed by atoms with E-state index < -0.39 is 0 Å². The van der Waals surface area contributed by atoms with E-state index >= 15 is 0 Å². The molecule has 0 aliphatic heterocycles. The first-order chi connectivity index (χ1) is 11.2. The normalized spacial score (nSPS) is 18.0. The second-order valence-corrected chi connectivity index (χ2v) is 6.75. The van der Waals surface area contributed by atoms with Crippen LogP contribution >= 0.6 is 24.0 Å². The van der Waals surface area contributed by atoms with Gasteiger partial charge in [-0.1, -0.05) is 56.5 Å². The monoisotopic (exact) mass is 444 g/mol. The van der Waals surface area contributed by atoms with E-state index in [9.17, 15) is 0 Å². The molecule has 4 N–H and O–H groups in total. The van der Waals surface area contributed by atoms with Crippen LogP contribution in [0, 0.1) is 0 Å². The minimum Gasteiger partial charge on any atom is -0.370 e. The fourth-order valence-corrected chi connectivity index (χ4v) is 3.37. The third kappa shape index (κ3) is 6.59. The quantitative estimate of drug-likeness (QED) is 0.246.